The molecule has 1 unspecified atom stereocenters. The predicted octanol–water partition coefficient (Wildman–Crippen LogP) is 2.69. The van der Waals surface area contributed by atoms with Crippen molar-refractivity contribution < 1.29 is 19.2 Å². The number of imide groups is 2. The van der Waals surface area contributed by atoms with Gasteiger partial charge in [0.1, 0.15) is 6.04 Å². The number of aromatic nitrogens is 2. The molecule has 4 aliphatic rings. The number of piperidine rings is 1. The molecule has 2 aromatic carbocycles. The van der Waals surface area contributed by atoms with Crippen LogP contribution in [-0.2, 0) is 16.1 Å². The number of hydrogen-bond acceptors (Lipinski definition) is 11. The third kappa shape index (κ3) is 7.08. The Morgan fingerprint density at radius 3 is 2.61 bits per heavy atom. The Morgan fingerprint density at radius 1 is 1.00 bits per heavy atom. The molecule has 7 rings (SSSR count). The van der Waals surface area contributed by atoms with Crippen molar-refractivity contribution in [1.29, 1.82) is 5.41 Å². The maximum atomic E-state index is 13.1. The fraction of sp³-hybridized carbons (Fsp3) is 0.417. The molecule has 2 saturated heterocycles. The number of nitrogens with one attached hydrogen (secondary N) is 5. The summed E-state index contributed by atoms with van der Waals surface area (Å²) in [5.74, 6) is -1.41. The molecule has 0 bridgehead atoms. The fourth-order valence-corrected chi connectivity index (χ4v) is 7.13. The summed E-state index contributed by atoms with van der Waals surface area (Å²) >= 11 is 0. The molecule has 13 nitrogen and oxygen atoms in total. The van der Waals surface area contributed by atoms with Gasteiger partial charge in [-0.15, -0.1) is 0 Å². The highest BCUT2D eigenvalue weighted by Crippen LogP contribution is 2.32. The molecule has 3 aliphatic heterocycles. The molecule has 49 heavy (non-hydrogen) atoms. The zero-order chi connectivity index (χ0) is 33.9. The van der Waals surface area contributed by atoms with Crippen molar-refractivity contribution in [3.05, 3.63) is 71.2 Å². The molecule has 0 radical (unpaired) electrons. The molecule has 13 heteroatoms. The van der Waals surface area contributed by atoms with Gasteiger partial charge in [-0.1, -0.05) is 6.07 Å². The lowest BCUT2D eigenvalue weighted by atomic mass is 9.77. The molecule has 4 heterocycles. The maximum Gasteiger partial charge on any atom is 0.262 e. The van der Waals surface area contributed by atoms with Crippen LogP contribution in [0.25, 0.3) is 16.6 Å². The smallest absolute Gasteiger partial charge is 0.262 e. The van der Waals surface area contributed by atoms with Crippen molar-refractivity contribution in [2.75, 3.05) is 38.0 Å². The zero-order valence-corrected chi connectivity index (χ0v) is 27.3. The number of anilines is 1. The lowest BCUT2D eigenvalue weighted by Crippen LogP contribution is -2.54. The van der Waals surface area contributed by atoms with Crippen molar-refractivity contribution in [3.8, 4) is 0 Å². The standard InChI is InChI=1S/C36H41N9O4/c37-18-24(31-20-41-29-6-3-23(16-30(29)42-31)21-44-12-10-38-11-13-44)19-40-26-14-22(15-26)2-1-9-39-25-4-5-27-28(17-25)36(49)45(35(27)48)32-7-8-33(46)43-34(32)47/h3-6,16-20,22,26,32,37-40H,1-2,7-15,21H2,(H,43,46,47)/b24-19+,37-18?. The molecule has 3 aromatic rings. The van der Waals surface area contributed by atoms with E-state index in [2.05, 4.69) is 43.3 Å². The van der Waals surface area contributed by atoms with Crippen LogP contribution in [-0.4, -0.2) is 94.4 Å². The summed E-state index contributed by atoms with van der Waals surface area (Å²) in [5, 5.41) is 20.5. The van der Waals surface area contributed by atoms with Crippen molar-refractivity contribution in [3.63, 3.8) is 0 Å². The van der Waals surface area contributed by atoms with Crippen LogP contribution in [0.5, 0.6) is 0 Å². The molecule has 5 N–H and O–H groups in total. The van der Waals surface area contributed by atoms with E-state index < -0.39 is 29.7 Å². The summed E-state index contributed by atoms with van der Waals surface area (Å²) in [6, 6.07) is 10.7. The second-order valence-corrected chi connectivity index (χ2v) is 13.3. The van der Waals surface area contributed by atoms with E-state index in [-0.39, 0.29) is 24.0 Å². The van der Waals surface area contributed by atoms with Gasteiger partial charge in [-0.25, -0.2) is 4.98 Å². The third-order valence-corrected chi connectivity index (χ3v) is 9.94. The van der Waals surface area contributed by atoms with Crippen LogP contribution in [0.2, 0.25) is 0 Å². The van der Waals surface area contributed by atoms with Gasteiger partial charge in [-0.2, -0.15) is 0 Å². The van der Waals surface area contributed by atoms with Crippen LogP contribution in [0.1, 0.15) is 70.5 Å². The normalized spacial score (nSPS) is 22.9. The topological polar surface area (TPSA) is 173 Å². The quantitative estimate of drug-likeness (QED) is 0.110. The number of carbonyl (C=O) groups is 4. The molecule has 1 atom stereocenters. The highest BCUT2D eigenvalue weighted by molar-refractivity contribution is 6.23. The van der Waals surface area contributed by atoms with Gasteiger partial charge in [0.05, 0.1) is 34.1 Å². The Morgan fingerprint density at radius 2 is 1.82 bits per heavy atom. The Balaban J connectivity index is 0.861. The zero-order valence-electron chi connectivity index (χ0n) is 27.3. The summed E-state index contributed by atoms with van der Waals surface area (Å²) in [5.41, 5.74) is 5.57. The highest BCUT2D eigenvalue weighted by atomic mass is 16.2. The summed E-state index contributed by atoms with van der Waals surface area (Å²) < 4.78 is 0. The van der Waals surface area contributed by atoms with Gasteiger partial charge in [0, 0.05) is 75.4 Å². The molecule has 1 aliphatic carbocycles. The van der Waals surface area contributed by atoms with Gasteiger partial charge >= 0.3 is 0 Å². The first kappa shape index (κ1) is 32.5. The number of amides is 4. The monoisotopic (exact) mass is 663 g/mol. The molecule has 3 fully saturated rings. The first-order valence-corrected chi connectivity index (χ1v) is 17.1. The van der Waals surface area contributed by atoms with E-state index >= 15 is 0 Å². The average Bonchev–Trinajstić information content (AvgIpc) is 3.33. The number of nitrogens with zero attached hydrogens (tertiary/aromatic N) is 4. The number of hydrogen-bond donors (Lipinski definition) is 5. The molecule has 0 spiro atoms. The predicted molar refractivity (Wildman–Crippen MR) is 185 cm³/mol. The van der Waals surface area contributed by atoms with E-state index in [9.17, 15) is 19.2 Å². The lowest BCUT2D eigenvalue weighted by Gasteiger charge is -2.36. The van der Waals surface area contributed by atoms with Gasteiger partial charge in [0.2, 0.25) is 11.8 Å². The number of fused-ring (bicyclic) bond motifs is 2. The molecule has 1 saturated carbocycles. The van der Waals surface area contributed by atoms with Crippen molar-refractivity contribution in [2.24, 2.45) is 5.92 Å². The molecular formula is C36H41N9O4. The van der Waals surface area contributed by atoms with E-state index in [1.807, 2.05) is 12.3 Å². The van der Waals surface area contributed by atoms with E-state index in [4.69, 9.17) is 10.4 Å². The lowest BCUT2D eigenvalue weighted by molar-refractivity contribution is -0.136. The Kier molecular flexibility index (Phi) is 9.45. The SMILES string of the molecule is N=C/C(=C\NC1CC(CCCNc2ccc3c(c2)C(=O)N(C2CCC(=O)NC2=O)C3=O)C1)c1cnc2ccc(CN3CCNCC3)cc2n1. The van der Waals surface area contributed by atoms with E-state index in [0.717, 1.165) is 86.6 Å². The summed E-state index contributed by atoms with van der Waals surface area (Å²) in [7, 11) is 0. The van der Waals surface area contributed by atoms with Gasteiger partial charge in [0.15, 0.2) is 0 Å². The molecule has 1 aromatic heterocycles. The number of rotatable bonds is 12. The van der Waals surface area contributed by atoms with Crippen molar-refractivity contribution in [2.45, 2.75) is 57.2 Å². The van der Waals surface area contributed by atoms with Crippen molar-refractivity contribution >= 4 is 52.1 Å². The summed E-state index contributed by atoms with van der Waals surface area (Å²) in [6.45, 7) is 5.71. The third-order valence-electron chi connectivity index (χ3n) is 9.94. The largest absolute Gasteiger partial charge is 0.388 e. The van der Waals surface area contributed by atoms with E-state index in [1.54, 1.807) is 24.4 Å². The Bertz CT molecular complexity index is 1830. The molecule has 254 valence electrons. The number of carbonyl (C=O) groups excluding carboxylic acids is 4. The Labute approximate surface area is 284 Å². The second kappa shape index (κ2) is 14.2. The summed E-state index contributed by atoms with van der Waals surface area (Å²) in [6.07, 6.45) is 9.28. The fourth-order valence-electron chi connectivity index (χ4n) is 7.13. The van der Waals surface area contributed by atoms with Crippen molar-refractivity contribution in [1.82, 2.24) is 35.7 Å². The minimum Gasteiger partial charge on any atom is -0.388 e. The van der Waals surface area contributed by atoms with Gasteiger partial charge in [-0.3, -0.25) is 39.3 Å². The second-order valence-electron chi connectivity index (χ2n) is 13.3. The molecular weight excluding hydrogens is 622 g/mol. The summed E-state index contributed by atoms with van der Waals surface area (Å²) in [4.78, 5) is 62.7. The van der Waals surface area contributed by atoms with Gasteiger partial charge in [0.25, 0.3) is 11.8 Å². The van der Waals surface area contributed by atoms with Crippen LogP contribution in [0.3, 0.4) is 0 Å². The first-order chi connectivity index (χ1) is 23.9. The maximum absolute atomic E-state index is 13.1. The highest BCUT2D eigenvalue weighted by Gasteiger charge is 2.44. The minimum atomic E-state index is -0.970. The van der Waals surface area contributed by atoms with E-state index in [1.165, 1.54) is 11.8 Å². The average molecular weight is 664 g/mol. The van der Waals surface area contributed by atoms with Gasteiger partial charge in [-0.05, 0) is 73.9 Å². The van der Waals surface area contributed by atoms with Crippen LogP contribution in [0.4, 0.5) is 5.69 Å². The Hall–Kier alpha value is -5.01. The number of allylic oxidation sites excluding steroid dienone is 1. The number of benzene rings is 2. The minimum absolute atomic E-state index is 0.0923. The molecule has 4 amide bonds. The van der Waals surface area contributed by atoms with Gasteiger partial charge < -0.3 is 21.4 Å². The van der Waals surface area contributed by atoms with E-state index in [0.29, 0.717) is 23.2 Å². The van der Waals surface area contributed by atoms with Crippen LogP contribution >= 0.6 is 0 Å². The van der Waals surface area contributed by atoms with Crippen LogP contribution in [0.15, 0.2) is 48.8 Å². The van der Waals surface area contributed by atoms with Crippen LogP contribution < -0.4 is 21.3 Å². The first-order valence-electron chi connectivity index (χ1n) is 17.1. The number of piperazine rings is 1. The van der Waals surface area contributed by atoms with Crippen LogP contribution in [0, 0.1) is 11.3 Å².